The summed E-state index contributed by atoms with van der Waals surface area (Å²) in [5, 5.41) is 16.4. The van der Waals surface area contributed by atoms with E-state index in [-0.39, 0.29) is 18.1 Å². The molecular weight excluding hydrogens is 431 g/mol. The molecule has 1 saturated heterocycles. The van der Waals surface area contributed by atoms with Crippen molar-refractivity contribution in [2.24, 2.45) is 12.8 Å². The van der Waals surface area contributed by atoms with Crippen LogP contribution >= 0.6 is 0 Å². The first-order chi connectivity index (χ1) is 15.0. The number of aromatic nitrogens is 2. The summed E-state index contributed by atoms with van der Waals surface area (Å²) in [5.74, 6) is -2.19. The highest BCUT2D eigenvalue weighted by atomic mass is 19.4. The normalized spacial score (nSPS) is 16.0. The van der Waals surface area contributed by atoms with E-state index in [2.05, 4.69) is 6.07 Å². The molecule has 0 amide bonds. The molecule has 0 saturated carbocycles. The summed E-state index contributed by atoms with van der Waals surface area (Å²) in [4.78, 5) is 35.8. The number of anilines is 1. The Morgan fingerprint density at radius 3 is 2.50 bits per heavy atom. The number of aliphatic carboxylic acids is 1. The number of nitrogens with zero attached hydrogens (tertiary/aromatic N) is 4. The van der Waals surface area contributed by atoms with Gasteiger partial charge in [-0.2, -0.15) is 18.4 Å². The second kappa shape index (κ2) is 10.1. The average molecular weight is 453 g/mol. The summed E-state index contributed by atoms with van der Waals surface area (Å²) in [7, 11) is 1.46. The van der Waals surface area contributed by atoms with Crippen molar-refractivity contribution < 1.29 is 23.1 Å². The van der Waals surface area contributed by atoms with Crippen LogP contribution in [-0.2, 0) is 18.4 Å². The minimum atomic E-state index is -5.08. The Balaban J connectivity index is 0.000000451. The van der Waals surface area contributed by atoms with Crippen LogP contribution in [0.1, 0.15) is 24.0 Å². The fraction of sp³-hybridized carbons (Fsp3) is 0.400. The van der Waals surface area contributed by atoms with Crippen molar-refractivity contribution in [3.63, 3.8) is 0 Å². The smallest absolute Gasteiger partial charge is 0.475 e. The molecule has 0 spiro atoms. The first-order valence-electron chi connectivity index (χ1n) is 9.55. The van der Waals surface area contributed by atoms with Crippen molar-refractivity contribution in [1.29, 1.82) is 5.26 Å². The van der Waals surface area contributed by atoms with Crippen LogP contribution in [0.5, 0.6) is 0 Å². The van der Waals surface area contributed by atoms with Crippen LogP contribution in [0.25, 0.3) is 0 Å². The van der Waals surface area contributed by atoms with E-state index in [4.69, 9.17) is 15.6 Å². The quantitative estimate of drug-likeness (QED) is 0.709. The molecule has 1 aromatic carbocycles. The van der Waals surface area contributed by atoms with Gasteiger partial charge in [-0.05, 0) is 24.5 Å². The Hall–Kier alpha value is -3.59. The van der Waals surface area contributed by atoms with Crippen LogP contribution < -0.4 is 21.9 Å². The Labute approximate surface area is 180 Å². The van der Waals surface area contributed by atoms with E-state index < -0.39 is 17.8 Å². The Bertz CT molecular complexity index is 1130. The van der Waals surface area contributed by atoms with E-state index in [1.54, 1.807) is 16.7 Å². The third-order valence-electron chi connectivity index (χ3n) is 4.87. The van der Waals surface area contributed by atoms with E-state index >= 15 is 0 Å². The largest absolute Gasteiger partial charge is 0.490 e. The predicted octanol–water partition coefficient (Wildman–Crippen LogP) is 1.03. The summed E-state index contributed by atoms with van der Waals surface area (Å²) in [5.41, 5.74) is 6.59. The third kappa shape index (κ3) is 5.98. The lowest BCUT2D eigenvalue weighted by Crippen LogP contribution is -2.47. The number of alkyl halides is 3. The number of carboxylic acid groups (broad SMARTS) is 1. The maximum atomic E-state index is 12.7. The minimum Gasteiger partial charge on any atom is -0.475 e. The van der Waals surface area contributed by atoms with E-state index in [0.29, 0.717) is 17.9 Å². The number of rotatable bonds is 3. The van der Waals surface area contributed by atoms with Gasteiger partial charge in [0.25, 0.3) is 5.56 Å². The SMILES string of the molecule is Cn1c(=O)cc(N2CCCC(N)C2)n(Cc2ccccc2C#N)c1=O.O=C(O)C(F)(F)F. The van der Waals surface area contributed by atoms with Crippen molar-refractivity contribution >= 4 is 11.8 Å². The molecule has 9 nitrogen and oxygen atoms in total. The number of nitriles is 1. The maximum Gasteiger partial charge on any atom is 0.490 e. The molecule has 1 aromatic heterocycles. The highest BCUT2D eigenvalue weighted by molar-refractivity contribution is 5.73. The van der Waals surface area contributed by atoms with Crippen molar-refractivity contribution in [2.75, 3.05) is 18.0 Å². The minimum absolute atomic E-state index is 0.0211. The van der Waals surface area contributed by atoms with Gasteiger partial charge in [0.15, 0.2) is 0 Å². The number of halogens is 3. The zero-order valence-electron chi connectivity index (χ0n) is 17.2. The van der Waals surface area contributed by atoms with Crippen LogP contribution in [-0.4, -0.2) is 45.5 Å². The van der Waals surface area contributed by atoms with Crippen LogP contribution in [0, 0.1) is 11.3 Å². The molecule has 1 atom stereocenters. The summed E-state index contributed by atoms with van der Waals surface area (Å²) in [6.07, 6.45) is -3.23. The standard InChI is InChI=1S/C18H21N5O2.C2HF3O2/c1-21-17(24)9-16(22-8-4-7-15(20)12-22)23(18(21)25)11-14-6-3-2-5-13(14)10-19;3-2(4,5)1(6)7/h2-3,5-6,9,15H,4,7-8,11-12,20H2,1H3;(H,6,7). The van der Waals surface area contributed by atoms with Gasteiger partial charge >= 0.3 is 17.8 Å². The van der Waals surface area contributed by atoms with Crippen LogP contribution in [0.4, 0.5) is 19.0 Å². The van der Waals surface area contributed by atoms with E-state index in [1.165, 1.54) is 13.1 Å². The number of carbonyl (C=O) groups is 1. The molecule has 2 aromatic rings. The number of carboxylic acids is 1. The molecule has 12 heteroatoms. The molecule has 1 fully saturated rings. The van der Waals surface area contributed by atoms with Crippen molar-refractivity contribution in [3.8, 4) is 6.07 Å². The summed E-state index contributed by atoms with van der Waals surface area (Å²) in [6, 6.07) is 10.8. The van der Waals surface area contributed by atoms with E-state index in [9.17, 15) is 28.0 Å². The molecule has 1 aliphatic heterocycles. The molecule has 3 rings (SSSR count). The van der Waals surface area contributed by atoms with Gasteiger partial charge in [-0.15, -0.1) is 0 Å². The van der Waals surface area contributed by atoms with Crippen molar-refractivity contribution in [1.82, 2.24) is 9.13 Å². The summed E-state index contributed by atoms with van der Waals surface area (Å²) < 4.78 is 34.4. The Morgan fingerprint density at radius 2 is 1.94 bits per heavy atom. The Morgan fingerprint density at radius 1 is 1.31 bits per heavy atom. The first-order valence-corrected chi connectivity index (χ1v) is 9.55. The molecule has 0 aliphatic carbocycles. The molecule has 3 N–H and O–H groups in total. The number of hydrogen-bond donors (Lipinski definition) is 2. The fourth-order valence-electron chi connectivity index (χ4n) is 3.22. The highest BCUT2D eigenvalue weighted by Gasteiger charge is 2.38. The zero-order chi connectivity index (χ0) is 24.1. The first kappa shape index (κ1) is 24.7. The molecule has 2 heterocycles. The van der Waals surface area contributed by atoms with Gasteiger partial charge in [0.2, 0.25) is 0 Å². The van der Waals surface area contributed by atoms with Gasteiger partial charge in [-0.25, -0.2) is 9.59 Å². The number of nitrogens with two attached hydrogens (primary N) is 1. The van der Waals surface area contributed by atoms with E-state index in [1.807, 2.05) is 17.0 Å². The number of hydrogen-bond acceptors (Lipinski definition) is 6. The average Bonchev–Trinajstić information content (AvgIpc) is 2.74. The molecular formula is C20H22F3N5O4. The van der Waals surface area contributed by atoms with E-state index in [0.717, 1.165) is 29.5 Å². The summed E-state index contributed by atoms with van der Waals surface area (Å²) >= 11 is 0. The van der Waals surface area contributed by atoms with Crippen LogP contribution in [0.3, 0.4) is 0 Å². The lowest BCUT2D eigenvalue weighted by atomic mass is 10.1. The molecule has 0 bridgehead atoms. The van der Waals surface area contributed by atoms with Crippen LogP contribution in [0.2, 0.25) is 0 Å². The van der Waals surface area contributed by atoms with Gasteiger partial charge < -0.3 is 15.7 Å². The lowest BCUT2D eigenvalue weighted by Gasteiger charge is -2.34. The summed E-state index contributed by atoms with van der Waals surface area (Å²) in [6.45, 7) is 1.59. The molecule has 1 aliphatic rings. The van der Waals surface area contributed by atoms with Gasteiger partial charge in [0.1, 0.15) is 5.82 Å². The lowest BCUT2D eigenvalue weighted by molar-refractivity contribution is -0.192. The maximum absolute atomic E-state index is 12.7. The molecule has 1 unspecified atom stereocenters. The monoisotopic (exact) mass is 453 g/mol. The zero-order valence-corrected chi connectivity index (χ0v) is 17.2. The second-order valence-corrected chi connectivity index (χ2v) is 7.19. The topological polar surface area (TPSA) is 134 Å². The highest BCUT2D eigenvalue weighted by Crippen LogP contribution is 2.19. The molecule has 32 heavy (non-hydrogen) atoms. The number of piperidine rings is 1. The van der Waals surface area contributed by atoms with Gasteiger partial charge in [-0.1, -0.05) is 18.2 Å². The van der Waals surface area contributed by atoms with Gasteiger partial charge in [0, 0.05) is 32.2 Å². The third-order valence-corrected chi connectivity index (χ3v) is 4.87. The second-order valence-electron chi connectivity index (χ2n) is 7.19. The van der Waals surface area contributed by atoms with Crippen molar-refractivity contribution in [2.45, 2.75) is 31.6 Å². The fourth-order valence-corrected chi connectivity index (χ4v) is 3.22. The van der Waals surface area contributed by atoms with Gasteiger partial charge in [-0.3, -0.25) is 13.9 Å². The molecule has 0 radical (unpaired) electrons. The number of benzene rings is 1. The van der Waals surface area contributed by atoms with Crippen LogP contribution in [0.15, 0.2) is 39.9 Å². The van der Waals surface area contributed by atoms with Gasteiger partial charge in [0.05, 0.1) is 18.2 Å². The van der Waals surface area contributed by atoms with Crippen molar-refractivity contribution in [3.05, 3.63) is 62.3 Å². The predicted molar refractivity (Wildman–Crippen MR) is 109 cm³/mol. The Kier molecular flexibility index (Phi) is 7.82. The molecule has 172 valence electrons.